The molecule has 0 aliphatic carbocycles. The summed E-state index contributed by atoms with van der Waals surface area (Å²) in [5, 5.41) is 13.9. The molecule has 2 fully saturated rings. The van der Waals surface area contributed by atoms with Crippen LogP contribution in [0.4, 0.5) is 11.9 Å². The second-order valence-corrected chi connectivity index (χ2v) is 15.7. The highest BCUT2D eigenvalue weighted by molar-refractivity contribution is 6.04. The number of primary amides is 2. The molecule has 65 heavy (non-hydrogen) atoms. The van der Waals surface area contributed by atoms with Gasteiger partial charge in [-0.05, 0) is 50.6 Å². The van der Waals surface area contributed by atoms with Gasteiger partial charge in [-0.25, -0.2) is 15.0 Å². The third kappa shape index (κ3) is 10.3. The number of morpholine rings is 1. The summed E-state index contributed by atoms with van der Waals surface area (Å²) in [6, 6.07) is 8.15. The molecule has 2 aliphatic rings. The molecule has 0 unspecified atom stereocenters. The lowest BCUT2D eigenvalue weighted by molar-refractivity contribution is -0.156. The van der Waals surface area contributed by atoms with Crippen LogP contribution in [0.1, 0.15) is 61.9 Å². The highest BCUT2D eigenvalue weighted by Crippen LogP contribution is 2.33. The number of carbonyl (C=O) groups excluding carboxylic acids is 4. The quantitative estimate of drug-likeness (QED) is 0.0472. The molecule has 3 amide bonds. The fourth-order valence-corrected chi connectivity index (χ4v) is 8.04. The molecule has 0 atom stereocenters. The van der Waals surface area contributed by atoms with Crippen molar-refractivity contribution in [3.8, 4) is 11.5 Å². The first-order chi connectivity index (χ1) is 31.3. The molecule has 6 heterocycles. The van der Waals surface area contributed by atoms with Crippen molar-refractivity contribution in [3.05, 3.63) is 82.8 Å². The number of likely N-dealkylation sites (tertiary alicyclic amines) is 1. The van der Waals surface area contributed by atoms with Crippen molar-refractivity contribution in [2.24, 2.45) is 11.5 Å². The minimum Gasteiger partial charge on any atom is -0.494 e. The zero-order valence-corrected chi connectivity index (χ0v) is 37.2. The number of hydrogen-bond acceptors (Lipinski definition) is 15. The summed E-state index contributed by atoms with van der Waals surface area (Å²) >= 11 is 0. The van der Waals surface area contributed by atoms with Gasteiger partial charge in [0, 0.05) is 77.5 Å². The van der Waals surface area contributed by atoms with Crippen LogP contribution in [0.15, 0.2) is 53.1 Å². The van der Waals surface area contributed by atoms with Gasteiger partial charge in [0.25, 0.3) is 5.91 Å². The number of methoxy groups -OCH3 is 1. The molecule has 2 aliphatic heterocycles. The molecule has 8 rings (SSSR count). The van der Waals surface area contributed by atoms with Crippen molar-refractivity contribution < 1.29 is 37.8 Å². The Hall–Kier alpha value is -7.10. The molecule has 4 aromatic heterocycles. The van der Waals surface area contributed by atoms with E-state index in [1.54, 1.807) is 59.7 Å². The van der Waals surface area contributed by atoms with Gasteiger partial charge in [0.2, 0.25) is 23.7 Å². The van der Waals surface area contributed by atoms with Gasteiger partial charge in [-0.3, -0.25) is 29.3 Å². The van der Waals surface area contributed by atoms with Crippen LogP contribution in [-0.4, -0.2) is 128 Å². The number of hydrogen-bond donors (Lipinski definition) is 5. The summed E-state index contributed by atoms with van der Waals surface area (Å²) < 4.78 is 28.4. The molecule has 7 N–H and O–H groups in total. The SMILES string of the molecule is CCn1nc(C)cc1C(=O)Nc1nc2cc(C(N)=O)cc(OC)c2n1C/C=C/Cn1c(NC)nc2cc(C(N)=O)cc(OCCCN3CC4(CNCCO4)C3)c21.Cc1ncc(CC=O)o1. The second-order valence-electron chi connectivity index (χ2n) is 15.7. The Balaban J connectivity index is 0.000000626. The van der Waals surface area contributed by atoms with Crippen LogP contribution in [0, 0.1) is 13.8 Å². The highest BCUT2D eigenvalue weighted by atomic mass is 16.5. The van der Waals surface area contributed by atoms with E-state index in [4.69, 9.17) is 35.1 Å². The number of oxazole rings is 1. The lowest BCUT2D eigenvalue weighted by Crippen LogP contribution is -2.69. The Morgan fingerprint density at radius 2 is 1.62 bits per heavy atom. The number of carbonyl (C=O) groups is 4. The predicted molar refractivity (Wildman–Crippen MR) is 241 cm³/mol. The van der Waals surface area contributed by atoms with Crippen LogP contribution >= 0.6 is 0 Å². The number of allylic oxidation sites excluding steroid dienone is 2. The van der Waals surface area contributed by atoms with Gasteiger partial charge in [0.1, 0.15) is 45.9 Å². The van der Waals surface area contributed by atoms with Crippen LogP contribution in [-0.2, 0) is 35.6 Å². The second kappa shape index (κ2) is 20.2. The van der Waals surface area contributed by atoms with Gasteiger partial charge in [-0.2, -0.15) is 5.10 Å². The molecule has 0 bridgehead atoms. The Kier molecular flexibility index (Phi) is 14.2. The zero-order chi connectivity index (χ0) is 46.3. The summed E-state index contributed by atoms with van der Waals surface area (Å²) in [5.41, 5.74) is 15.1. The first-order valence-corrected chi connectivity index (χ1v) is 21.3. The van der Waals surface area contributed by atoms with E-state index in [-0.39, 0.29) is 23.7 Å². The third-order valence-electron chi connectivity index (χ3n) is 11.0. The number of ether oxygens (including phenoxy) is 3. The van der Waals surface area contributed by atoms with E-state index in [0.29, 0.717) is 94.2 Å². The van der Waals surface area contributed by atoms with Crippen LogP contribution < -0.4 is 36.9 Å². The monoisotopic (exact) mass is 893 g/mol. The lowest BCUT2D eigenvalue weighted by Gasteiger charge is -2.51. The Morgan fingerprint density at radius 3 is 2.20 bits per heavy atom. The number of nitrogens with two attached hydrogens (primary N) is 2. The average Bonchev–Trinajstić information content (AvgIpc) is 4.06. The molecule has 1 spiro atoms. The van der Waals surface area contributed by atoms with Crippen molar-refractivity contribution in [3.63, 3.8) is 0 Å². The highest BCUT2D eigenvalue weighted by Gasteiger charge is 2.44. The number of aryl methyl sites for hydroxylation is 3. The number of fused-ring (bicyclic) bond motifs is 2. The van der Waals surface area contributed by atoms with E-state index in [1.807, 2.05) is 30.6 Å². The predicted octanol–water partition coefficient (Wildman–Crippen LogP) is 2.84. The standard InChI is InChI=1S/C38H48N12O6.C6H7NO2/c1-5-50-28(15-23(2)46-50)35(53)45-37-44-26-16-24(33(39)51)18-29(54-4)31(26)49(37)12-7-6-11-48-32-27(43-36(48)41-3)17-25(34(40)52)19-30(32)55-13-8-10-47-21-38(22-47)20-42-9-14-56-38;1-5-7-4-6(9-5)2-3-8/h6-7,15-19,42H,5,8-14,20-22H2,1-4H3,(H2,39,51)(H2,40,52)(H,41,43)(H,44,45,53);3-4H,2H2,1H3/b7-6+;. The number of aldehydes is 1. The maximum atomic E-state index is 13.5. The van der Waals surface area contributed by atoms with E-state index in [2.05, 4.69) is 35.9 Å². The van der Waals surface area contributed by atoms with Crippen molar-refractivity contribution in [2.75, 3.05) is 70.7 Å². The number of benzene rings is 2. The normalized spacial score (nSPS) is 14.6. The van der Waals surface area contributed by atoms with E-state index in [9.17, 15) is 19.2 Å². The van der Waals surface area contributed by atoms with Gasteiger partial charge >= 0.3 is 0 Å². The van der Waals surface area contributed by atoms with Crippen molar-refractivity contribution in [1.82, 2.24) is 44.1 Å². The maximum Gasteiger partial charge on any atom is 0.276 e. The van der Waals surface area contributed by atoms with Gasteiger partial charge in [0.15, 0.2) is 5.89 Å². The van der Waals surface area contributed by atoms with Gasteiger partial charge in [-0.15, -0.1) is 0 Å². The van der Waals surface area contributed by atoms with Crippen LogP contribution in [0.3, 0.4) is 0 Å². The molecule has 344 valence electrons. The van der Waals surface area contributed by atoms with E-state index >= 15 is 0 Å². The number of nitrogens with zero attached hydrogens (tertiary/aromatic N) is 8. The minimum atomic E-state index is -0.636. The Labute approximate surface area is 374 Å². The molecular weight excluding hydrogens is 839 g/mol. The number of amides is 3. The van der Waals surface area contributed by atoms with Crippen molar-refractivity contribution in [1.29, 1.82) is 0 Å². The lowest BCUT2D eigenvalue weighted by atomic mass is 9.92. The summed E-state index contributed by atoms with van der Waals surface area (Å²) in [6.45, 7) is 12.2. The molecule has 21 heteroatoms. The number of aromatic nitrogens is 7. The molecule has 2 saturated heterocycles. The van der Waals surface area contributed by atoms with E-state index < -0.39 is 17.7 Å². The largest absolute Gasteiger partial charge is 0.494 e. The fraction of sp³-hybridized carbons (Fsp3) is 0.409. The molecular formula is C44H55N13O8. The number of nitrogens with one attached hydrogen (secondary N) is 3. The molecule has 0 saturated carbocycles. The first kappa shape index (κ1) is 45.9. The molecule has 2 aromatic carbocycles. The third-order valence-corrected chi connectivity index (χ3v) is 11.0. The Bertz CT molecular complexity index is 2720. The number of anilines is 2. The van der Waals surface area contributed by atoms with Crippen LogP contribution in [0.25, 0.3) is 22.1 Å². The van der Waals surface area contributed by atoms with Crippen LogP contribution in [0.2, 0.25) is 0 Å². The van der Waals surface area contributed by atoms with Gasteiger partial charge < -0.3 is 54.7 Å². The molecule has 21 nitrogen and oxygen atoms in total. The molecule has 0 radical (unpaired) electrons. The van der Waals surface area contributed by atoms with Crippen molar-refractivity contribution in [2.45, 2.75) is 58.8 Å². The van der Waals surface area contributed by atoms with Crippen LogP contribution in [0.5, 0.6) is 11.5 Å². The number of rotatable bonds is 18. The van der Waals surface area contributed by atoms with E-state index in [0.717, 1.165) is 52.0 Å². The molecule has 6 aromatic rings. The summed E-state index contributed by atoms with van der Waals surface area (Å²) in [4.78, 5) is 63.5. The summed E-state index contributed by atoms with van der Waals surface area (Å²) in [6.07, 6.45) is 7.33. The first-order valence-electron chi connectivity index (χ1n) is 21.3. The van der Waals surface area contributed by atoms with Gasteiger partial charge in [0.05, 0.1) is 49.7 Å². The summed E-state index contributed by atoms with van der Waals surface area (Å²) in [7, 11) is 3.26. The van der Waals surface area contributed by atoms with Gasteiger partial charge in [-0.1, -0.05) is 12.2 Å². The smallest absolute Gasteiger partial charge is 0.276 e. The maximum absolute atomic E-state index is 13.5. The van der Waals surface area contributed by atoms with E-state index in [1.165, 1.54) is 7.11 Å². The number of imidazole rings is 2. The fourth-order valence-electron chi connectivity index (χ4n) is 8.04. The summed E-state index contributed by atoms with van der Waals surface area (Å²) in [5.74, 6) is 1.30. The minimum absolute atomic E-state index is 0.0792. The van der Waals surface area contributed by atoms with Crippen molar-refractivity contribution >= 4 is 58.0 Å². The zero-order valence-electron chi connectivity index (χ0n) is 37.2. The average molecular weight is 894 g/mol. The topological polar surface area (TPSA) is 267 Å². The Morgan fingerprint density at radius 1 is 0.954 bits per heavy atom.